The van der Waals surface area contributed by atoms with Crippen LogP contribution in [0.15, 0.2) is 9.42 Å². The number of aryl methyl sites for hydroxylation is 2. The van der Waals surface area contributed by atoms with Crippen LogP contribution >= 0.6 is 0 Å². The van der Waals surface area contributed by atoms with Crippen LogP contribution in [0, 0.1) is 13.8 Å². The van der Waals surface area contributed by atoms with Crippen molar-refractivity contribution in [2.75, 3.05) is 6.54 Å². The van der Waals surface area contributed by atoms with Gasteiger partial charge in [0.1, 0.15) is 10.6 Å². The van der Waals surface area contributed by atoms with Gasteiger partial charge in [0, 0.05) is 17.8 Å². The van der Waals surface area contributed by atoms with Gasteiger partial charge in [-0.25, -0.2) is 13.1 Å². The van der Waals surface area contributed by atoms with Crippen molar-refractivity contribution in [2.45, 2.75) is 57.1 Å². The van der Waals surface area contributed by atoms with E-state index in [1.807, 2.05) is 0 Å². The van der Waals surface area contributed by atoms with Crippen LogP contribution in [0.5, 0.6) is 0 Å². The van der Waals surface area contributed by atoms with E-state index in [0.717, 1.165) is 6.42 Å². The molecule has 0 fully saturated rings. The zero-order chi connectivity index (χ0) is 19.1. The van der Waals surface area contributed by atoms with Gasteiger partial charge in [-0.05, 0) is 39.5 Å². The number of nitrogens with one attached hydrogen (secondary N) is 1. The molecule has 0 unspecified atom stereocenters. The second-order valence-corrected chi connectivity index (χ2v) is 7.96. The Labute approximate surface area is 148 Å². The molecule has 3 rings (SSSR count). The Morgan fingerprint density at radius 1 is 1.23 bits per heavy atom. The summed E-state index contributed by atoms with van der Waals surface area (Å²) in [6.45, 7) is 2.91. The van der Waals surface area contributed by atoms with Gasteiger partial charge < -0.3 is 4.52 Å². The monoisotopic (exact) mass is 392 g/mol. The van der Waals surface area contributed by atoms with Crippen molar-refractivity contribution in [1.82, 2.24) is 19.7 Å². The van der Waals surface area contributed by atoms with E-state index in [1.165, 1.54) is 18.5 Å². The third-order valence-electron chi connectivity index (χ3n) is 4.38. The molecule has 0 aliphatic heterocycles. The van der Waals surface area contributed by atoms with Crippen LogP contribution in [0.3, 0.4) is 0 Å². The molecular weight excluding hydrogens is 373 g/mol. The first-order valence-corrected chi connectivity index (χ1v) is 9.68. The van der Waals surface area contributed by atoms with Gasteiger partial charge in [-0.1, -0.05) is 5.16 Å². The summed E-state index contributed by atoms with van der Waals surface area (Å²) >= 11 is 0. The number of rotatable bonds is 5. The molecule has 1 N–H and O–H groups in total. The Balaban J connectivity index is 1.78. The van der Waals surface area contributed by atoms with Crippen molar-refractivity contribution in [3.63, 3.8) is 0 Å². The number of aromatic nitrogens is 3. The van der Waals surface area contributed by atoms with E-state index in [2.05, 4.69) is 15.0 Å². The quantitative estimate of drug-likeness (QED) is 0.844. The van der Waals surface area contributed by atoms with Gasteiger partial charge in [-0.15, -0.1) is 0 Å². The number of nitrogens with zero attached hydrogens (tertiary/aromatic N) is 3. The first kappa shape index (κ1) is 18.9. The third-order valence-corrected chi connectivity index (χ3v) is 6.08. The molecular formula is C15H19F3N4O3S. The molecule has 7 nitrogen and oxygen atoms in total. The van der Waals surface area contributed by atoms with Crippen LogP contribution in [-0.4, -0.2) is 29.9 Å². The molecule has 0 saturated heterocycles. The topological polar surface area (TPSA) is 90.0 Å². The summed E-state index contributed by atoms with van der Waals surface area (Å²) in [6.07, 6.45) is -2.17. The highest BCUT2D eigenvalue weighted by Gasteiger charge is 2.39. The van der Waals surface area contributed by atoms with Crippen LogP contribution in [-0.2, 0) is 35.6 Å². The predicted molar refractivity (Wildman–Crippen MR) is 85.0 cm³/mol. The largest absolute Gasteiger partial charge is 0.435 e. The van der Waals surface area contributed by atoms with Crippen molar-refractivity contribution in [1.29, 1.82) is 0 Å². The van der Waals surface area contributed by atoms with Crippen molar-refractivity contribution >= 4 is 10.0 Å². The van der Waals surface area contributed by atoms with E-state index >= 15 is 0 Å². The van der Waals surface area contributed by atoms with E-state index in [-0.39, 0.29) is 35.0 Å². The van der Waals surface area contributed by atoms with Crippen molar-refractivity contribution in [2.24, 2.45) is 0 Å². The maximum absolute atomic E-state index is 13.2. The number of hydrogen-bond acceptors (Lipinski definition) is 5. The average Bonchev–Trinajstić information content (AvgIpc) is 3.08. The molecule has 0 bridgehead atoms. The van der Waals surface area contributed by atoms with Gasteiger partial charge in [0.25, 0.3) is 0 Å². The molecule has 0 aromatic carbocycles. The van der Waals surface area contributed by atoms with E-state index in [9.17, 15) is 21.6 Å². The number of hydrogen-bond donors (Lipinski definition) is 1. The molecule has 26 heavy (non-hydrogen) atoms. The van der Waals surface area contributed by atoms with Crippen molar-refractivity contribution in [3.05, 3.63) is 28.4 Å². The maximum Gasteiger partial charge on any atom is 0.435 e. The fraction of sp³-hybridized carbons (Fsp3) is 0.600. The summed E-state index contributed by atoms with van der Waals surface area (Å²) in [6, 6.07) is 0. The first-order valence-electron chi connectivity index (χ1n) is 8.19. The van der Waals surface area contributed by atoms with Gasteiger partial charge in [0.15, 0.2) is 11.5 Å². The molecule has 0 atom stereocenters. The van der Waals surface area contributed by atoms with Crippen molar-refractivity contribution in [3.8, 4) is 0 Å². The minimum absolute atomic E-state index is 0.0149. The number of sulfonamides is 1. The smallest absolute Gasteiger partial charge is 0.360 e. The highest BCUT2D eigenvalue weighted by Crippen LogP contribution is 2.35. The SMILES string of the molecule is Cc1noc(C)c1S(=O)(=O)NCCn1nc(C(F)(F)F)c2c1CCCC2. The summed E-state index contributed by atoms with van der Waals surface area (Å²) < 4.78 is 72.7. The lowest BCUT2D eigenvalue weighted by Crippen LogP contribution is -2.29. The highest BCUT2D eigenvalue weighted by molar-refractivity contribution is 7.89. The second-order valence-electron chi connectivity index (χ2n) is 6.25. The minimum Gasteiger partial charge on any atom is -0.360 e. The first-order chi connectivity index (χ1) is 12.1. The molecule has 0 spiro atoms. The molecule has 1 aliphatic rings. The zero-order valence-electron chi connectivity index (χ0n) is 14.4. The lowest BCUT2D eigenvalue weighted by atomic mass is 9.95. The normalized spacial score (nSPS) is 15.3. The fourth-order valence-corrected chi connectivity index (χ4v) is 4.65. The Morgan fingerprint density at radius 3 is 2.54 bits per heavy atom. The second kappa shape index (κ2) is 6.69. The molecule has 1 aliphatic carbocycles. The molecule has 2 aromatic heterocycles. The standard InChI is InChI=1S/C15H19F3N4O3S/c1-9-13(10(2)25-21-9)26(23,24)19-7-8-22-12-6-4-3-5-11(12)14(20-22)15(16,17)18/h19H,3-8H2,1-2H3. The Hall–Kier alpha value is -1.88. The van der Waals surface area contributed by atoms with Crippen LogP contribution in [0.4, 0.5) is 13.2 Å². The molecule has 0 radical (unpaired) electrons. The Morgan fingerprint density at radius 2 is 1.92 bits per heavy atom. The lowest BCUT2D eigenvalue weighted by molar-refractivity contribution is -0.142. The molecule has 11 heteroatoms. The van der Waals surface area contributed by atoms with Gasteiger partial charge in [-0.3, -0.25) is 4.68 Å². The van der Waals surface area contributed by atoms with E-state index in [4.69, 9.17) is 4.52 Å². The van der Waals surface area contributed by atoms with Gasteiger partial charge >= 0.3 is 6.18 Å². The van der Waals surface area contributed by atoms with Crippen molar-refractivity contribution < 1.29 is 26.1 Å². The summed E-state index contributed by atoms with van der Waals surface area (Å²) in [7, 11) is -3.86. The zero-order valence-corrected chi connectivity index (χ0v) is 15.2. The number of halogens is 3. The lowest BCUT2D eigenvalue weighted by Gasteiger charge is -2.15. The van der Waals surface area contributed by atoms with E-state index < -0.39 is 21.9 Å². The van der Waals surface area contributed by atoms with Gasteiger partial charge in [0.2, 0.25) is 10.0 Å². The average molecular weight is 392 g/mol. The number of alkyl halides is 3. The summed E-state index contributed by atoms with van der Waals surface area (Å²) in [4.78, 5) is -0.0454. The Kier molecular flexibility index (Phi) is 4.86. The third kappa shape index (κ3) is 3.50. The number of fused-ring (bicyclic) bond motifs is 1. The fourth-order valence-electron chi connectivity index (χ4n) is 3.30. The summed E-state index contributed by atoms with van der Waals surface area (Å²) in [5.41, 5.74) is 0.143. The summed E-state index contributed by atoms with van der Waals surface area (Å²) in [5.74, 6) is 0.158. The molecule has 0 amide bonds. The van der Waals surface area contributed by atoms with Gasteiger partial charge in [-0.2, -0.15) is 18.3 Å². The van der Waals surface area contributed by atoms with E-state index in [1.54, 1.807) is 0 Å². The van der Waals surface area contributed by atoms with Crippen LogP contribution in [0.2, 0.25) is 0 Å². The molecule has 0 saturated carbocycles. The highest BCUT2D eigenvalue weighted by atomic mass is 32.2. The van der Waals surface area contributed by atoms with Crippen LogP contribution < -0.4 is 4.72 Å². The maximum atomic E-state index is 13.2. The minimum atomic E-state index is -4.51. The molecule has 2 heterocycles. The van der Waals surface area contributed by atoms with E-state index in [0.29, 0.717) is 25.0 Å². The molecule has 144 valence electrons. The molecule has 2 aromatic rings. The van der Waals surface area contributed by atoms with Crippen LogP contribution in [0.1, 0.15) is 41.2 Å². The van der Waals surface area contributed by atoms with Gasteiger partial charge in [0.05, 0.1) is 6.54 Å². The summed E-state index contributed by atoms with van der Waals surface area (Å²) in [5, 5.41) is 7.31. The Bertz CT molecular complexity index is 896. The van der Waals surface area contributed by atoms with Crippen LogP contribution in [0.25, 0.3) is 0 Å². The predicted octanol–water partition coefficient (Wildman–Crippen LogP) is 2.36.